The maximum Gasteiger partial charge on any atom is 0.488 e. The Kier molecular flexibility index (Phi) is 9.49. The van der Waals surface area contributed by atoms with Crippen LogP contribution in [-0.2, 0) is 19.0 Å². The number of amides is 2. The number of carbonyl (C=O) groups excluding carboxylic acids is 2. The van der Waals surface area contributed by atoms with E-state index in [1.165, 1.54) is 17.7 Å². The zero-order valence-corrected chi connectivity index (χ0v) is 26.1. The molecule has 0 spiro atoms. The molecule has 0 unspecified atom stereocenters. The van der Waals surface area contributed by atoms with E-state index < -0.39 is 38.1 Å². The molecule has 2 saturated heterocycles. The molecule has 2 amide bonds. The summed E-state index contributed by atoms with van der Waals surface area (Å²) < 4.78 is 11.8. The van der Waals surface area contributed by atoms with Crippen LogP contribution < -0.4 is 10.4 Å². The number of nitrogens with zero attached hydrogens (tertiary/aromatic N) is 1. The molecule has 0 bridgehead atoms. The van der Waals surface area contributed by atoms with E-state index >= 15 is 0 Å². The van der Waals surface area contributed by atoms with E-state index in [4.69, 9.17) is 9.39 Å². The van der Waals surface area contributed by atoms with Gasteiger partial charge in [0.2, 0.25) is 11.8 Å². The van der Waals surface area contributed by atoms with E-state index in [1.54, 1.807) is 25.3 Å². The molecule has 2 aliphatic heterocycles. The number of phenols is 1. The summed E-state index contributed by atoms with van der Waals surface area (Å²) in [5.74, 6) is -2.12. The van der Waals surface area contributed by atoms with Gasteiger partial charge in [-0.3, -0.25) is 14.5 Å². The van der Waals surface area contributed by atoms with Gasteiger partial charge >= 0.3 is 14.2 Å². The molecule has 238 valence electrons. The summed E-state index contributed by atoms with van der Waals surface area (Å²) in [6, 6.07) is 17.6. The second-order valence-electron chi connectivity index (χ2n) is 12.5. The lowest BCUT2D eigenvalue weighted by Gasteiger charge is -2.43. The minimum Gasteiger partial charge on any atom is -0.507 e. The van der Waals surface area contributed by atoms with Gasteiger partial charge in [-0.1, -0.05) is 67.5 Å². The summed E-state index contributed by atoms with van der Waals surface area (Å²) in [5.41, 5.74) is 4.59. The minimum absolute atomic E-state index is 0.185. The Balaban J connectivity index is 1.31. The summed E-state index contributed by atoms with van der Waals surface area (Å²) in [6.07, 6.45) is 5.35. The number of hydrogen-bond donors (Lipinski definition) is 4. The molecule has 4 atom stereocenters. The van der Waals surface area contributed by atoms with E-state index in [1.807, 2.05) is 30.3 Å². The van der Waals surface area contributed by atoms with Gasteiger partial charge in [0.15, 0.2) is 0 Å². The maximum absolute atomic E-state index is 14.0. The third-order valence-corrected chi connectivity index (χ3v) is 9.65. The van der Waals surface area contributed by atoms with Crippen molar-refractivity contribution in [1.82, 2.24) is 0 Å². The van der Waals surface area contributed by atoms with Crippen molar-refractivity contribution in [3.63, 3.8) is 0 Å². The predicted molar refractivity (Wildman–Crippen MR) is 178 cm³/mol. The highest BCUT2D eigenvalue weighted by Gasteiger charge is 2.57. The first-order valence-electron chi connectivity index (χ1n) is 16.0. The normalized spacial score (nSPS) is 23.3. The Morgan fingerprint density at radius 2 is 1.83 bits per heavy atom. The van der Waals surface area contributed by atoms with Gasteiger partial charge < -0.3 is 29.6 Å². The number of aromatic hydroxyl groups is 1. The molecule has 9 nitrogen and oxygen atoms in total. The molecule has 0 aromatic heterocycles. The van der Waals surface area contributed by atoms with Crippen molar-refractivity contribution in [3.8, 4) is 5.75 Å². The first-order chi connectivity index (χ1) is 22.2. The lowest BCUT2D eigenvalue weighted by Crippen LogP contribution is -2.46. The first kappa shape index (κ1) is 32.2. The summed E-state index contributed by atoms with van der Waals surface area (Å²) in [4.78, 5) is 29.0. The molecule has 46 heavy (non-hydrogen) atoms. The number of rotatable bonds is 10. The van der Waals surface area contributed by atoms with Gasteiger partial charge in [-0.15, -0.1) is 0 Å². The number of methoxy groups -OCH3 is 1. The van der Waals surface area contributed by atoms with Crippen LogP contribution in [0.4, 0.5) is 5.69 Å². The van der Waals surface area contributed by atoms with Gasteiger partial charge in [0.05, 0.1) is 30.2 Å². The SMILES string of the molecule is CCC/C(=C\c1ccc(O)c2ccccc12)CC[C@H]1OB(O)C[C@H]2C1=C(COC)C[C@H]1C(=O)N(c3cccc(B(O)O)c3)C(=O)[C@H]12. The molecular weight excluding hydrogens is 584 g/mol. The van der Waals surface area contributed by atoms with Crippen LogP contribution in [0.3, 0.4) is 0 Å². The molecule has 3 aromatic carbocycles. The molecule has 0 saturated carbocycles. The Hall–Kier alpha value is -3.73. The van der Waals surface area contributed by atoms with Crippen LogP contribution in [0.2, 0.25) is 6.32 Å². The summed E-state index contributed by atoms with van der Waals surface area (Å²) in [6.45, 7) is 2.42. The Bertz CT molecular complexity index is 1700. The van der Waals surface area contributed by atoms with Crippen molar-refractivity contribution >= 4 is 54.0 Å². The van der Waals surface area contributed by atoms with Crippen LogP contribution in [0.25, 0.3) is 16.8 Å². The van der Waals surface area contributed by atoms with E-state index in [-0.39, 0.29) is 36.0 Å². The Morgan fingerprint density at radius 3 is 2.57 bits per heavy atom. The monoisotopic (exact) mass is 623 g/mol. The highest BCUT2D eigenvalue weighted by atomic mass is 16.5. The smallest absolute Gasteiger partial charge is 0.488 e. The van der Waals surface area contributed by atoms with E-state index in [2.05, 4.69) is 13.0 Å². The summed E-state index contributed by atoms with van der Waals surface area (Å²) in [7, 11) is -1.22. The number of carbonyl (C=O) groups is 2. The predicted octanol–water partition coefficient (Wildman–Crippen LogP) is 3.84. The van der Waals surface area contributed by atoms with Gasteiger partial charge in [-0.05, 0) is 83.7 Å². The van der Waals surface area contributed by atoms with Crippen molar-refractivity contribution in [2.75, 3.05) is 18.6 Å². The zero-order chi connectivity index (χ0) is 32.5. The van der Waals surface area contributed by atoms with Crippen molar-refractivity contribution < 1.29 is 39.2 Å². The number of imide groups is 1. The molecule has 0 radical (unpaired) electrons. The molecule has 1 aliphatic carbocycles. The number of phenolic OH excluding ortho intramolecular Hbond substituents is 1. The summed E-state index contributed by atoms with van der Waals surface area (Å²) >= 11 is 0. The molecule has 6 rings (SSSR count). The zero-order valence-electron chi connectivity index (χ0n) is 26.1. The molecule has 2 fully saturated rings. The Labute approximate surface area is 269 Å². The highest BCUT2D eigenvalue weighted by Crippen LogP contribution is 2.51. The van der Waals surface area contributed by atoms with Gasteiger partial charge in [-0.25, -0.2) is 0 Å². The molecule has 4 N–H and O–H groups in total. The third kappa shape index (κ3) is 6.06. The second kappa shape index (κ2) is 13.6. The van der Waals surface area contributed by atoms with Gasteiger partial charge in [0.25, 0.3) is 0 Å². The number of hydrogen-bond acceptors (Lipinski definition) is 8. The summed E-state index contributed by atoms with van der Waals surface area (Å²) in [5, 5.41) is 42.5. The van der Waals surface area contributed by atoms with Gasteiger partial charge in [0.1, 0.15) is 5.75 Å². The van der Waals surface area contributed by atoms with Crippen LogP contribution in [0.1, 0.15) is 44.6 Å². The Morgan fingerprint density at radius 1 is 1.04 bits per heavy atom. The number of benzene rings is 3. The molecule has 2 heterocycles. The fraction of sp³-hybridized carbons (Fsp3) is 0.371. The third-order valence-electron chi connectivity index (χ3n) is 9.65. The molecule has 11 heteroatoms. The minimum atomic E-state index is -1.73. The number of anilines is 1. The van der Waals surface area contributed by atoms with Crippen LogP contribution >= 0.6 is 0 Å². The fourth-order valence-electron chi connectivity index (χ4n) is 7.71. The number of allylic oxidation sites excluding steroid dienone is 1. The van der Waals surface area contributed by atoms with E-state index in [0.29, 0.717) is 24.9 Å². The standard InChI is InChI=1S/C35H39B2NO8/c1-3-7-21(16-22-13-14-30(39)27-11-5-4-10-26(22)27)12-15-31-32-23(20-45-2)17-28-33(29(32)19-36(42)46-31)35(41)38(34(28)40)25-9-6-8-24(18-25)37(43)44/h4-6,8-11,13-14,16,18,28-29,31,33,39,42-44H,3,7,12,15,17,19-20H2,1-2H3/b21-16+/t28-,29+,31-,33-/m1/s1. The molecular formula is C35H39B2NO8. The highest BCUT2D eigenvalue weighted by molar-refractivity contribution is 6.58. The second-order valence-corrected chi connectivity index (χ2v) is 12.5. The average Bonchev–Trinajstić information content (AvgIpc) is 3.30. The van der Waals surface area contributed by atoms with Crippen LogP contribution in [0.15, 0.2) is 77.4 Å². The first-order valence-corrected chi connectivity index (χ1v) is 16.0. The van der Waals surface area contributed by atoms with E-state index in [9.17, 15) is 29.8 Å². The fourth-order valence-corrected chi connectivity index (χ4v) is 7.71. The average molecular weight is 623 g/mol. The molecule has 3 aliphatic rings. The quantitative estimate of drug-likeness (QED) is 0.152. The topological polar surface area (TPSA) is 137 Å². The van der Waals surface area contributed by atoms with Crippen molar-refractivity contribution in [2.24, 2.45) is 17.8 Å². The van der Waals surface area contributed by atoms with Crippen LogP contribution in [0.5, 0.6) is 5.75 Å². The largest absolute Gasteiger partial charge is 0.507 e. The van der Waals surface area contributed by atoms with Gasteiger partial charge in [-0.2, -0.15) is 0 Å². The maximum atomic E-state index is 14.0. The molecule has 3 aromatic rings. The van der Waals surface area contributed by atoms with Gasteiger partial charge in [0, 0.05) is 12.5 Å². The van der Waals surface area contributed by atoms with E-state index in [0.717, 1.165) is 45.2 Å². The van der Waals surface area contributed by atoms with Crippen molar-refractivity contribution in [1.29, 1.82) is 0 Å². The lowest BCUT2D eigenvalue weighted by atomic mass is 9.58. The number of ether oxygens (including phenoxy) is 1. The van der Waals surface area contributed by atoms with Crippen LogP contribution in [0, 0.1) is 17.8 Å². The van der Waals surface area contributed by atoms with Crippen molar-refractivity contribution in [2.45, 2.75) is 51.5 Å². The van der Waals surface area contributed by atoms with Crippen molar-refractivity contribution in [3.05, 3.63) is 82.9 Å². The number of fused-ring (bicyclic) bond motifs is 4. The lowest BCUT2D eigenvalue weighted by molar-refractivity contribution is -0.122. The van der Waals surface area contributed by atoms with Crippen LogP contribution in [-0.4, -0.2) is 66.1 Å².